The maximum absolute atomic E-state index is 13.5. The van der Waals surface area contributed by atoms with Crippen LogP contribution in [0.25, 0.3) is 0 Å². The predicted molar refractivity (Wildman–Crippen MR) is 77.7 cm³/mol. The number of aliphatic hydroxyl groups is 1. The molecule has 1 saturated carbocycles. The summed E-state index contributed by atoms with van der Waals surface area (Å²) in [7, 11) is 0. The van der Waals surface area contributed by atoms with Gasteiger partial charge in [0.05, 0.1) is 18.8 Å². The summed E-state index contributed by atoms with van der Waals surface area (Å²) in [6.45, 7) is 0.540. The van der Waals surface area contributed by atoms with Gasteiger partial charge in [0, 0.05) is 18.9 Å². The van der Waals surface area contributed by atoms with E-state index in [2.05, 4.69) is 0 Å². The Morgan fingerprint density at radius 2 is 2.05 bits per heavy atom. The zero-order valence-corrected chi connectivity index (χ0v) is 12.3. The highest BCUT2D eigenvalue weighted by Gasteiger charge is 2.39. The Morgan fingerprint density at radius 3 is 2.81 bits per heavy atom. The predicted octanol–water partition coefficient (Wildman–Crippen LogP) is 3.58. The average Bonchev–Trinajstić information content (AvgIpc) is 2.47. The number of halogens is 1. The molecule has 0 aromatic heterocycles. The van der Waals surface area contributed by atoms with Crippen LogP contribution < -0.4 is 4.74 Å². The third-order valence-electron chi connectivity index (χ3n) is 4.63. The largest absolute Gasteiger partial charge is 0.490 e. The van der Waals surface area contributed by atoms with Crippen LogP contribution in [-0.4, -0.2) is 23.4 Å². The lowest BCUT2D eigenvalue weighted by Gasteiger charge is -2.43. The van der Waals surface area contributed by atoms with Crippen molar-refractivity contribution in [2.24, 2.45) is 0 Å². The molecule has 2 fully saturated rings. The molecule has 2 aliphatic rings. The lowest BCUT2D eigenvalue weighted by molar-refractivity contribution is -0.129. The first-order valence-corrected chi connectivity index (χ1v) is 7.90. The van der Waals surface area contributed by atoms with Gasteiger partial charge in [-0.1, -0.05) is 19.3 Å². The molecule has 1 N–H and O–H groups in total. The van der Waals surface area contributed by atoms with Crippen LogP contribution in [0, 0.1) is 5.82 Å². The Morgan fingerprint density at radius 1 is 1.24 bits per heavy atom. The molecule has 21 heavy (non-hydrogen) atoms. The van der Waals surface area contributed by atoms with Gasteiger partial charge in [-0.15, -0.1) is 0 Å². The first-order valence-electron chi connectivity index (χ1n) is 7.90. The molecule has 0 radical (unpaired) electrons. The van der Waals surface area contributed by atoms with Crippen LogP contribution in [0.2, 0.25) is 0 Å². The highest BCUT2D eigenvalue weighted by Crippen LogP contribution is 2.39. The van der Waals surface area contributed by atoms with Gasteiger partial charge < -0.3 is 14.6 Å². The van der Waals surface area contributed by atoms with Gasteiger partial charge >= 0.3 is 0 Å². The topological polar surface area (TPSA) is 38.7 Å². The van der Waals surface area contributed by atoms with Gasteiger partial charge in [0.15, 0.2) is 0 Å². The summed E-state index contributed by atoms with van der Waals surface area (Å²) in [6.07, 6.45) is 7.76. The first-order chi connectivity index (χ1) is 10.2. The molecule has 1 saturated heterocycles. The molecule has 1 aromatic carbocycles. The second-order valence-corrected chi connectivity index (χ2v) is 6.28. The maximum atomic E-state index is 13.5. The van der Waals surface area contributed by atoms with Crippen LogP contribution >= 0.6 is 0 Å². The minimum atomic E-state index is -0.365. The van der Waals surface area contributed by atoms with E-state index in [1.807, 2.05) is 0 Å². The van der Waals surface area contributed by atoms with Crippen LogP contribution in [0.1, 0.15) is 50.5 Å². The fraction of sp³-hybridized carbons (Fsp3) is 0.647. The molecule has 3 nitrogen and oxygen atoms in total. The summed E-state index contributed by atoms with van der Waals surface area (Å²) in [5.74, 6) is 0.146. The molecule has 1 unspecified atom stereocenters. The maximum Gasteiger partial charge on any atom is 0.127 e. The third-order valence-corrected chi connectivity index (χ3v) is 4.63. The molecule has 116 valence electrons. The smallest absolute Gasteiger partial charge is 0.127 e. The van der Waals surface area contributed by atoms with Crippen molar-refractivity contribution in [1.82, 2.24) is 0 Å². The van der Waals surface area contributed by atoms with Gasteiger partial charge in [0.2, 0.25) is 0 Å². The Balaban J connectivity index is 1.68. The SMILES string of the molecule is OCc1cc(F)cc(OC2CCOC3(CCCCC3)C2)c1. The minimum absolute atomic E-state index is 0.0195. The molecular formula is C17H23FO3. The quantitative estimate of drug-likeness (QED) is 0.926. The van der Waals surface area contributed by atoms with Gasteiger partial charge in [0.1, 0.15) is 17.7 Å². The second-order valence-electron chi connectivity index (χ2n) is 6.28. The summed E-state index contributed by atoms with van der Waals surface area (Å²) in [5.41, 5.74) is 0.526. The number of hydrogen-bond donors (Lipinski definition) is 1. The molecule has 0 bridgehead atoms. The zero-order chi connectivity index (χ0) is 14.7. The van der Waals surface area contributed by atoms with Crippen molar-refractivity contribution in [3.63, 3.8) is 0 Å². The van der Waals surface area contributed by atoms with Crippen LogP contribution in [0.4, 0.5) is 4.39 Å². The molecule has 1 aromatic rings. The van der Waals surface area contributed by atoms with Crippen molar-refractivity contribution in [1.29, 1.82) is 0 Å². The summed E-state index contributed by atoms with van der Waals surface area (Å²) in [6, 6.07) is 4.44. The van der Waals surface area contributed by atoms with Crippen LogP contribution in [0.5, 0.6) is 5.75 Å². The first kappa shape index (κ1) is 14.8. The van der Waals surface area contributed by atoms with Crippen molar-refractivity contribution in [2.45, 2.75) is 63.3 Å². The molecule has 1 heterocycles. The van der Waals surface area contributed by atoms with Gasteiger partial charge in [0.25, 0.3) is 0 Å². The third kappa shape index (κ3) is 3.55. The van der Waals surface area contributed by atoms with Gasteiger partial charge in [-0.2, -0.15) is 0 Å². The van der Waals surface area contributed by atoms with E-state index in [0.717, 1.165) is 25.7 Å². The summed E-state index contributed by atoms with van der Waals surface area (Å²) >= 11 is 0. The van der Waals surface area contributed by atoms with Gasteiger partial charge in [-0.3, -0.25) is 0 Å². The van der Waals surface area contributed by atoms with E-state index in [4.69, 9.17) is 14.6 Å². The number of benzene rings is 1. The summed E-state index contributed by atoms with van der Waals surface area (Å²) < 4.78 is 25.5. The summed E-state index contributed by atoms with van der Waals surface area (Å²) in [5, 5.41) is 9.15. The van der Waals surface area contributed by atoms with Gasteiger partial charge in [-0.25, -0.2) is 4.39 Å². The molecule has 1 aliphatic carbocycles. The molecule has 1 aliphatic heterocycles. The van der Waals surface area contributed by atoms with Crippen LogP contribution in [-0.2, 0) is 11.3 Å². The fourth-order valence-electron chi connectivity index (χ4n) is 3.60. The van der Waals surface area contributed by atoms with Crippen molar-refractivity contribution in [2.75, 3.05) is 6.61 Å². The van der Waals surface area contributed by atoms with Crippen molar-refractivity contribution < 1.29 is 19.0 Å². The van der Waals surface area contributed by atoms with E-state index in [0.29, 0.717) is 17.9 Å². The Labute approximate surface area is 125 Å². The number of aliphatic hydroxyl groups excluding tert-OH is 1. The molecule has 4 heteroatoms. The summed E-state index contributed by atoms with van der Waals surface area (Å²) in [4.78, 5) is 0. The highest BCUT2D eigenvalue weighted by molar-refractivity contribution is 5.29. The van der Waals surface area contributed by atoms with E-state index >= 15 is 0 Å². The van der Waals surface area contributed by atoms with Crippen molar-refractivity contribution in [3.05, 3.63) is 29.6 Å². The monoisotopic (exact) mass is 294 g/mol. The molecule has 3 rings (SSSR count). The van der Waals surface area contributed by atoms with Gasteiger partial charge in [-0.05, 0) is 30.5 Å². The fourth-order valence-corrected chi connectivity index (χ4v) is 3.60. The van der Waals surface area contributed by atoms with E-state index in [1.165, 1.54) is 31.4 Å². The van der Waals surface area contributed by atoms with Crippen LogP contribution in [0.3, 0.4) is 0 Å². The van der Waals surface area contributed by atoms with E-state index in [1.54, 1.807) is 6.07 Å². The molecule has 1 spiro atoms. The molecule has 1 atom stereocenters. The number of ether oxygens (including phenoxy) is 2. The lowest BCUT2D eigenvalue weighted by atomic mass is 9.79. The average molecular weight is 294 g/mol. The highest BCUT2D eigenvalue weighted by atomic mass is 19.1. The Hall–Kier alpha value is -1.13. The Bertz CT molecular complexity index is 477. The zero-order valence-electron chi connectivity index (χ0n) is 12.3. The van der Waals surface area contributed by atoms with E-state index < -0.39 is 0 Å². The van der Waals surface area contributed by atoms with E-state index in [-0.39, 0.29) is 24.1 Å². The van der Waals surface area contributed by atoms with Crippen molar-refractivity contribution >= 4 is 0 Å². The van der Waals surface area contributed by atoms with E-state index in [9.17, 15) is 4.39 Å². The minimum Gasteiger partial charge on any atom is -0.490 e. The van der Waals surface area contributed by atoms with Crippen molar-refractivity contribution in [3.8, 4) is 5.75 Å². The standard InChI is InChI=1S/C17H23FO3/c18-14-8-13(12-19)9-16(10-14)21-15-4-7-20-17(11-15)5-2-1-3-6-17/h8-10,15,19H,1-7,11-12H2. The Kier molecular flexibility index (Phi) is 4.45. The molecular weight excluding hydrogens is 271 g/mol. The normalized spacial score (nSPS) is 25.0. The van der Waals surface area contributed by atoms with Crippen LogP contribution in [0.15, 0.2) is 18.2 Å². The number of hydrogen-bond acceptors (Lipinski definition) is 3. The number of rotatable bonds is 3. The molecule has 0 amide bonds. The lowest BCUT2D eigenvalue weighted by Crippen LogP contribution is -2.45. The second kappa shape index (κ2) is 6.32.